The second kappa shape index (κ2) is 37.7. The first-order valence-corrected chi connectivity index (χ1v) is 13.8. The normalized spacial score (nSPS) is 10.3. The van der Waals surface area contributed by atoms with E-state index in [2.05, 4.69) is 57.2 Å². The molecule has 8 heteroatoms. The van der Waals surface area contributed by atoms with E-state index in [-0.39, 0.29) is 6.04 Å². The van der Waals surface area contributed by atoms with Crippen LogP contribution in [0.4, 0.5) is 0 Å². The third kappa shape index (κ3) is 34.3. The first-order chi connectivity index (χ1) is 17.2. The van der Waals surface area contributed by atoms with Crippen molar-refractivity contribution in [3.63, 3.8) is 0 Å². The Morgan fingerprint density at radius 2 is 1.42 bits per heavy atom. The highest BCUT2D eigenvalue weighted by atomic mass is 35.5. The van der Waals surface area contributed by atoms with Crippen LogP contribution in [0.2, 0.25) is 5.02 Å². The van der Waals surface area contributed by atoms with E-state index in [0.29, 0.717) is 42.2 Å². The van der Waals surface area contributed by atoms with Crippen molar-refractivity contribution < 1.29 is 14.3 Å². The Balaban J connectivity index is -0.000000164. The monoisotopic (exact) mass is 534 g/mol. The molecule has 0 saturated carbocycles. The van der Waals surface area contributed by atoms with E-state index < -0.39 is 0 Å². The van der Waals surface area contributed by atoms with Gasteiger partial charge in [-0.1, -0.05) is 93.7 Å². The molecule has 0 bridgehead atoms. The van der Waals surface area contributed by atoms with Crippen molar-refractivity contribution in [3.8, 4) is 5.88 Å². The predicted molar refractivity (Wildman–Crippen MR) is 159 cm³/mol. The van der Waals surface area contributed by atoms with E-state index in [1.54, 1.807) is 20.3 Å². The largest absolute Gasteiger partial charge is 0.477 e. The molecule has 4 N–H and O–H groups in total. The van der Waals surface area contributed by atoms with Gasteiger partial charge >= 0.3 is 0 Å². The molecule has 36 heavy (non-hydrogen) atoms. The number of nitrogens with two attached hydrogens (primary N) is 1. The average Bonchev–Trinajstić information content (AvgIpc) is 2.90. The van der Waals surface area contributed by atoms with Gasteiger partial charge in [-0.15, -0.1) is 0 Å². The Labute approximate surface area is 228 Å². The fourth-order valence-electron chi connectivity index (χ4n) is 2.22. The van der Waals surface area contributed by atoms with E-state index in [0.717, 1.165) is 24.8 Å². The second-order valence-corrected chi connectivity index (χ2v) is 8.19. The maximum Gasteiger partial charge on any atom is 0.216 e. The molecule has 7 nitrogen and oxygen atoms in total. The summed E-state index contributed by atoms with van der Waals surface area (Å²) in [4.78, 5) is 22.4. The van der Waals surface area contributed by atoms with E-state index in [4.69, 9.17) is 31.7 Å². The molecular formula is C28H59ClN4O3. The topological polar surface area (TPSA) is 106 Å². The molecule has 0 radical (unpaired) electrons. The standard InChI is InChI=1S/C16H27ClN2O.C4H10.2C2H5NO.2C2H6/c1-5-6-20-16-13(9-14(17)10-19-16)8-12(4)15(18)7-11(2)3;1-3-4-2;2*1-3-2-4;2*1-2/h9-12,15H,5-8,18H2,1-4H3;3-4H2,1-2H3;2*2H,1H3,(H,3,4);2*1-2H3. The van der Waals surface area contributed by atoms with Gasteiger partial charge < -0.3 is 21.1 Å². The molecule has 0 saturated heterocycles. The van der Waals surface area contributed by atoms with Gasteiger partial charge in [-0.05, 0) is 37.2 Å². The Morgan fingerprint density at radius 1 is 0.972 bits per heavy atom. The third-order valence-electron chi connectivity index (χ3n) is 4.09. The molecule has 0 aliphatic carbocycles. The molecule has 0 aliphatic rings. The second-order valence-electron chi connectivity index (χ2n) is 7.75. The maximum absolute atomic E-state index is 9.06. The van der Waals surface area contributed by atoms with Crippen molar-refractivity contribution in [3.05, 3.63) is 22.8 Å². The van der Waals surface area contributed by atoms with Crippen LogP contribution in [0.5, 0.6) is 5.88 Å². The molecule has 1 aromatic heterocycles. The van der Waals surface area contributed by atoms with E-state index in [1.165, 1.54) is 12.8 Å². The molecule has 0 spiro atoms. The van der Waals surface area contributed by atoms with Crippen LogP contribution < -0.4 is 21.1 Å². The average molecular weight is 535 g/mol. The Hall–Kier alpha value is -1.86. The zero-order valence-electron chi connectivity index (χ0n) is 25.4. The lowest BCUT2D eigenvalue weighted by Gasteiger charge is -2.22. The summed E-state index contributed by atoms with van der Waals surface area (Å²) >= 11 is 6.05. The number of hydrogen-bond acceptors (Lipinski definition) is 5. The summed E-state index contributed by atoms with van der Waals surface area (Å²) in [5.41, 5.74) is 7.31. The number of ether oxygens (including phenoxy) is 1. The SMILES string of the molecule is CC.CC.CCCC.CCCOc1ncc(Cl)cc1CC(C)C(N)CC(C)C.CNC=O.CNC=O. The molecule has 1 rings (SSSR count). The van der Waals surface area contributed by atoms with Crippen LogP contribution in [0.3, 0.4) is 0 Å². The van der Waals surface area contributed by atoms with Crippen molar-refractivity contribution >= 4 is 24.4 Å². The summed E-state index contributed by atoms with van der Waals surface area (Å²) in [5.74, 6) is 1.68. The summed E-state index contributed by atoms with van der Waals surface area (Å²) in [6.07, 6.45) is 8.36. The van der Waals surface area contributed by atoms with E-state index in [9.17, 15) is 0 Å². The van der Waals surface area contributed by atoms with Crippen molar-refractivity contribution in [1.29, 1.82) is 0 Å². The molecular weight excluding hydrogens is 476 g/mol. The molecule has 2 amide bonds. The minimum atomic E-state index is 0.188. The minimum absolute atomic E-state index is 0.188. The van der Waals surface area contributed by atoms with Crippen LogP contribution in [0.25, 0.3) is 0 Å². The number of rotatable bonds is 11. The van der Waals surface area contributed by atoms with Gasteiger partial charge in [0.2, 0.25) is 18.7 Å². The fourth-order valence-corrected chi connectivity index (χ4v) is 2.40. The van der Waals surface area contributed by atoms with Crippen LogP contribution in [0.1, 0.15) is 100 Å². The number of carbonyl (C=O) groups excluding carboxylic acids is 2. The summed E-state index contributed by atoms with van der Waals surface area (Å²) in [6, 6.07) is 2.13. The first kappa shape index (κ1) is 44.2. The molecule has 1 heterocycles. The van der Waals surface area contributed by atoms with Gasteiger partial charge in [0.25, 0.3) is 0 Å². The summed E-state index contributed by atoms with van der Waals surface area (Å²) in [5, 5.41) is 5.15. The number of nitrogens with zero attached hydrogens (tertiary/aromatic N) is 1. The van der Waals surface area contributed by atoms with Gasteiger partial charge in [0.1, 0.15) is 0 Å². The van der Waals surface area contributed by atoms with Crippen LogP contribution in [-0.4, -0.2) is 44.5 Å². The van der Waals surface area contributed by atoms with Crippen LogP contribution >= 0.6 is 11.6 Å². The summed E-state index contributed by atoms with van der Waals surface area (Å²) in [6.45, 7) is 21.7. The quantitative estimate of drug-likeness (QED) is 0.275. The van der Waals surface area contributed by atoms with Crippen molar-refractivity contribution in [2.45, 2.75) is 107 Å². The van der Waals surface area contributed by atoms with Gasteiger partial charge in [0.05, 0.1) is 11.6 Å². The van der Waals surface area contributed by atoms with Gasteiger partial charge in [0, 0.05) is 31.9 Å². The fraction of sp³-hybridized carbons (Fsp3) is 0.750. The smallest absolute Gasteiger partial charge is 0.216 e. The van der Waals surface area contributed by atoms with Crippen LogP contribution in [0, 0.1) is 11.8 Å². The number of halogens is 1. The van der Waals surface area contributed by atoms with Crippen molar-refractivity contribution in [2.24, 2.45) is 17.6 Å². The van der Waals surface area contributed by atoms with Gasteiger partial charge in [-0.2, -0.15) is 0 Å². The van der Waals surface area contributed by atoms with Crippen LogP contribution in [0.15, 0.2) is 12.3 Å². The predicted octanol–water partition coefficient (Wildman–Crippen LogP) is 6.66. The van der Waals surface area contributed by atoms with Crippen molar-refractivity contribution in [1.82, 2.24) is 15.6 Å². The number of aromatic nitrogens is 1. The lowest BCUT2D eigenvalue weighted by Crippen LogP contribution is -2.31. The molecule has 2 unspecified atom stereocenters. The van der Waals surface area contributed by atoms with E-state index in [1.807, 2.05) is 33.8 Å². The third-order valence-corrected chi connectivity index (χ3v) is 4.29. The van der Waals surface area contributed by atoms with Crippen molar-refractivity contribution in [2.75, 3.05) is 20.7 Å². The van der Waals surface area contributed by atoms with Crippen LogP contribution in [-0.2, 0) is 16.0 Å². The summed E-state index contributed by atoms with van der Waals surface area (Å²) < 4.78 is 5.69. The zero-order valence-corrected chi connectivity index (χ0v) is 26.2. The number of pyridine rings is 1. The molecule has 0 aliphatic heterocycles. The van der Waals surface area contributed by atoms with E-state index >= 15 is 0 Å². The number of hydrogen-bond donors (Lipinski definition) is 3. The number of unbranched alkanes of at least 4 members (excludes halogenated alkanes) is 1. The molecule has 0 aromatic carbocycles. The number of carbonyl (C=O) groups is 2. The highest BCUT2D eigenvalue weighted by Crippen LogP contribution is 2.25. The number of nitrogens with one attached hydrogen (secondary N) is 2. The molecule has 1 aromatic rings. The number of amides is 2. The Bertz CT molecular complexity index is 552. The van der Waals surface area contributed by atoms with Gasteiger partial charge in [0.15, 0.2) is 0 Å². The molecule has 0 fully saturated rings. The zero-order chi connectivity index (χ0) is 29.4. The highest BCUT2D eigenvalue weighted by molar-refractivity contribution is 6.30. The van der Waals surface area contributed by atoms with Gasteiger partial charge in [-0.3, -0.25) is 9.59 Å². The van der Waals surface area contributed by atoms with Gasteiger partial charge in [-0.25, -0.2) is 4.98 Å². The lowest BCUT2D eigenvalue weighted by atomic mass is 9.89. The highest BCUT2D eigenvalue weighted by Gasteiger charge is 2.17. The lowest BCUT2D eigenvalue weighted by molar-refractivity contribution is -0.109. The Morgan fingerprint density at radius 3 is 1.75 bits per heavy atom. The maximum atomic E-state index is 9.06. The first-order valence-electron chi connectivity index (χ1n) is 13.4. The minimum Gasteiger partial charge on any atom is -0.477 e. The molecule has 216 valence electrons. The molecule has 2 atom stereocenters. The summed E-state index contributed by atoms with van der Waals surface area (Å²) in [7, 11) is 3.12. The Kier molecular flexibility index (Phi) is 46.2.